The summed E-state index contributed by atoms with van der Waals surface area (Å²) in [4.78, 5) is 12.3. The lowest BCUT2D eigenvalue weighted by Crippen LogP contribution is -2.46. The molecule has 0 saturated carbocycles. The van der Waals surface area contributed by atoms with E-state index in [0.29, 0.717) is 16.5 Å². The average Bonchev–Trinajstić information content (AvgIpc) is 2.46. The van der Waals surface area contributed by atoms with Gasteiger partial charge in [0.15, 0.2) is 0 Å². The van der Waals surface area contributed by atoms with Crippen molar-refractivity contribution < 1.29 is 9.53 Å². The van der Waals surface area contributed by atoms with Gasteiger partial charge in [0.2, 0.25) is 0 Å². The number of halogens is 1. The second-order valence-corrected chi connectivity index (χ2v) is 5.60. The lowest BCUT2D eigenvalue weighted by molar-refractivity contribution is 0.00393. The number of nitrogens with one attached hydrogen (secondary N) is 1. The van der Waals surface area contributed by atoms with E-state index >= 15 is 0 Å². The highest BCUT2D eigenvalue weighted by Gasteiger charge is 2.31. The Kier molecular flexibility index (Phi) is 4.23. The summed E-state index contributed by atoms with van der Waals surface area (Å²) in [6, 6.07) is 16.6. The van der Waals surface area contributed by atoms with Gasteiger partial charge in [-0.1, -0.05) is 41.9 Å². The molecule has 0 amide bonds. The zero-order valence-corrected chi connectivity index (χ0v) is 12.2. The minimum Gasteiger partial charge on any atom is -0.453 e. The SMILES string of the molecule is O=C(O[C@H](c1ccc(Cl)cc1)C1CNC1)c1ccccc1. The van der Waals surface area contributed by atoms with Crippen LogP contribution in [0, 0.1) is 5.92 Å². The fourth-order valence-corrected chi connectivity index (χ4v) is 2.50. The molecule has 21 heavy (non-hydrogen) atoms. The lowest BCUT2D eigenvalue weighted by atomic mass is 9.91. The van der Waals surface area contributed by atoms with Gasteiger partial charge >= 0.3 is 5.97 Å². The molecule has 1 heterocycles. The molecule has 0 radical (unpaired) electrons. The van der Waals surface area contributed by atoms with Crippen molar-refractivity contribution in [2.24, 2.45) is 5.92 Å². The largest absolute Gasteiger partial charge is 0.453 e. The van der Waals surface area contributed by atoms with Crippen molar-refractivity contribution in [1.29, 1.82) is 0 Å². The summed E-state index contributed by atoms with van der Waals surface area (Å²) in [5.41, 5.74) is 1.55. The fraction of sp³-hybridized carbons (Fsp3) is 0.235. The summed E-state index contributed by atoms with van der Waals surface area (Å²) in [7, 11) is 0. The molecule has 0 unspecified atom stereocenters. The zero-order chi connectivity index (χ0) is 14.7. The van der Waals surface area contributed by atoms with Crippen LogP contribution in [0.4, 0.5) is 0 Å². The first kappa shape index (κ1) is 14.1. The van der Waals surface area contributed by atoms with Crippen molar-refractivity contribution in [1.82, 2.24) is 5.32 Å². The van der Waals surface area contributed by atoms with Crippen molar-refractivity contribution in [3.05, 3.63) is 70.7 Å². The van der Waals surface area contributed by atoms with E-state index in [-0.39, 0.29) is 12.1 Å². The number of rotatable bonds is 4. The van der Waals surface area contributed by atoms with E-state index in [9.17, 15) is 4.79 Å². The highest BCUT2D eigenvalue weighted by molar-refractivity contribution is 6.30. The van der Waals surface area contributed by atoms with E-state index in [1.54, 1.807) is 12.1 Å². The topological polar surface area (TPSA) is 38.3 Å². The smallest absolute Gasteiger partial charge is 0.338 e. The Morgan fingerprint density at radius 2 is 1.76 bits per heavy atom. The van der Waals surface area contributed by atoms with Crippen LogP contribution in [0.5, 0.6) is 0 Å². The van der Waals surface area contributed by atoms with E-state index in [0.717, 1.165) is 18.7 Å². The molecule has 2 aromatic rings. The number of benzene rings is 2. The molecule has 1 N–H and O–H groups in total. The summed E-state index contributed by atoms with van der Waals surface area (Å²) >= 11 is 5.93. The van der Waals surface area contributed by atoms with Crippen molar-refractivity contribution in [2.45, 2.75) is 6.10 Å². The molecule has 0 spiro atoms. The van der Waals surface area contributed by atoms with Crippen molar-refractivity contribution in [3.63, 3.8) is 0 Å². The molecule has 3 nitrogen and oxygen atoms in total. The van der Waals surface area contributed by atoms with Crippen LogP contribution in [0.25, 0.3) is 0 Å². The van der Waals surface area contributed by atoms with Crippen LogP contribution in [-0.2, 0) is 4.74 Å². The zero-order valence-electron chi connectivity index (χ0n) is 11.5. The van der Waals surface area contributed by atoms with E-state index in [1.807, 2.05) is 42.5 Å². The lowest BCUT2D eigenvalue weighted by Gasteiger charge is -2.34. The summed E-state index contributed by atoms with van der Waals surface area (Å²) in [5.74, 6) is 0.0151. The molecule has 4 heteroatoms. The third kappa shape index (κ3) is 3.26. The third-order valence-corrected chi connectivity index (χ3v) is 3.94. The second-order valence-electron chi connectivity index (χ2n) is 5.16. The molecule has 1 aliphatic heterocycles. The van der Waals surface area contributed by atoms with Gasteiger partial charge in [-0.3, -0.25) is 0 Å². The van der Waals surface area contributed by atoms with Crippen LogP contribution in [-0.4, -0.2) is 19.1 Å². The molecule has 0 bridgehead atoms. The molecule has 1 atom stereocenters. The van der Waals surface area contributed by atoms with Gasteiger partial charge in [-0.15, -0.1) is 0 Å². The minimum atomic E-state index is -0.289. The van der Waals surface area contributed by atoms with Crippen molar-refractivity contribution in [3.8, 4) is 0 Å². The monoisotopic (exact) mass is 301 g/mol. The molecule has 2 aromatic carbocycles. The Balaban J connectivity index is 1.80. The van der Waals surface area contributed by atoms with Crippen LogP contribution in [0.2, 0.25) is 5.02 Å². The van der Waals surface area contributed by atoms with Gasteiger partial charge in [0, 0.05) is 24.0 Å². The van der Waals surface area contributed by atoms with E-state index < -0.39 is 0 Å². The number of esters is 1. The van der Waals surface area contributed by atoms with E-state index in [2.05, 4.69) is 5.32 Å². The molecule has 3 rings (SSSR count). The van der Waals surface area contributed by atoms with Gasteiger partial charge < -0.3 is 10.1 Å². The molecule has 0 aliphatic carbocycles. The summed E-state index contributed by atoms with van der Waals surface area (Å²) in [6.07, 6.45) is -0.240. The highest BCUT2D eigenvalue weighted by Crippen LogP contribution is 2.30. The fourth-order valence-electron chi connectivity index (χ4n) is 2.37. The van der Waals surface area contributed by atoms with Crippen LogP contribution >= 0.6 is 11.6 Å². The average molecular weight is 302 g/mol. The Bertz CT molecular complexity index is 608. The highest BCUT2D eigenvalue weighted by atomic mass is 35.5. The Morgan fingerprint density at radius 1 is 1.10 bits per heavy atom. The summed E-state index contributed by atoms with van der Waals surface area (Å²) in [6.45, 7) is 1.71. The molecule has 1 fully saturated rings. The predicted molar refractivity (Wildman–Crippen MR) is 82.4 cm³/mol. The molecule has 1 saturated heterocycles. The molecule has 108 valence electrons. The standard InChI is InChI=1S/C17H16ClNO2/c18-15-8-6-12(7-9-15)16(14-10-19-11-14)21-17(20)13-4-2-1-3-5-13/h1-9,14,16,19H,10-11H2/t16-/m1/s1. The Morgan fingerprint density at radius 3 is 2.33 bits per heavy atom. The number of hydrogen-bond acceptors (Lipinski definition) is 3. The molecule has 1 aliphatic rings. The maximum Gasteiger partial charge on any atom is 0.338 e. The first-order valence-corrected chi connectivity index (χ1v) is 7.34. The van der Waals surface area contributed by atoms with Crippen molar-refractivity contribution >= 4 is 17.6 Å². The van der Waals surface area contributed by atoms with Crippen LogP contribution in [0.15, 0.2) is 54.6 Å². The number of ether oxygens (including phenoxy) is 1. The quantitative estimate of drug-likeness (QED) is 0.879. The Labute approximate surface area is 128 Å². The molecular formula is C17H16ClNO2. The van der Waals surface area contributed by atoms with E-state index in [4.69, 9.17) is 16.3 Å². The Hall–Kier alpha value is -1.84. The molecular weight excluding hydrogens is 286 g/mol. The van der Waals surface area contributed by atoms with Crippen LogP contribution in [0.3, 0.4) is 0 Å². The maximum absolute atomic E-state index is 12.3. The van der Waals surface area contributed by atoms with Gasteiger partial charge in [-0.05, 0) is 29.8 Å². The van der Waals surface area contributed by atoms with Gasteiger partial charge in [-0.2, -0.15) is 0 Å². The van der Waals surface area contributed by atoms with Crippen LogP contribution < -0.4 is 5.32 Å². The number of carbonyl (C=O) groups is 1. The molecule has 0 aromatic heterocycles. The maximum atomic E-state index is 12.3. The van der Waals surface area contributed by atoms with Gasteiger partial charge in [0.25, 0.3) is 0 Å². The first-order valence-electron chi connectivity index (χ1n) is 6.96. The normalized spacial score (nSPS) is 16.0. The first-order chi connectivity index (χ1) is 10.2. The second kappa shape index (κ2) is 6.29. The van der Waals surface area contributed by atoms with E-state index in [1.165, 1.54) is 0 Å². The predicted octanol–water partition coefficient (Wildman–Crippen LogP) is 3.46. The van der Waals surface area contributed by atoms with Gasteiger partial charge in [0.05, 0.1) is 5.56 Å². The number of carbonyl (C=O) groups excluding carboxylic acids is 1. The number of hydrogen-bond donors (Lipinski definition) is 1. The summed E-state index contributed by atoms with van der Waals surface area (Å²) in [5, 5.41) is 3.90. The van der Waals surface area contributed by atoms with Gasteiger partial charge in [-0.25, -0.2) is 4.79 Å². The van der Waals surface area contributed by atoms with Crippen molar-refractivity contribution in [2.75, 3.05) is 13.1 Å². The van der Waals surface area contributed by atoms with Gasteiger partial charge in [0.1, 0.15) is 6.10 Å². The third-order valence-electron chi connectivity index (χ3n) is 3.68. The minimum absolute atomic E-state index is 0.240. The van der Waals surface area contributed by atoms with Crippen LogP contribution in [0.1, 0.15) is 22.0 Å². The summed E-state index contributed by atoms with van der Waals surface area (Å²) < 4.78 is 5.74.